The number of rotatable bonds is 5. The number of aromatic nitrogens is 4. The quantitative estimate of drug-likeness (QED) is 0.907. The van der Waals surface area contributed by atoms with E-state index in [1.165, 1.54) is 24.1 Å². The summed E-state index contributed by atoms with van der Waals surface area (Å²) < 4.78 is 1.92. The molecule has 0 aromatic carbocycles. The zero-order valence-corrected chi connectivity index (χ0v) is 12.7. The summed E-state index contributed by atoms with van der Waals surface area (Å²) in [5.41, 5.74) is 2.51. The van der Waals surface area contributed by atoms with Crippen LogP contribution in [-0.2, 0) is 19.4 Å². The van der Waals surface area contributed by atoms with Gasteiger partial charge in [-0.15, -0.1) is 0 Å². The highest BCUT2D eigenvalue weighted by molar-refractivity contribution is 5.52. The van der Waals surface area contributed by atoms with Crippen molar-refractivity contribution in [3.05, 3.63) is 29.7 Å². The average molecular weight is 286 g/mol. The van der Waals surface area contributed by atoms with Gasteiger partial charge < -0.3 is 10.2 Å². The van der Waals surface area contributed by atoms with Crippen molar-refractivity contribution in [1.29, 1.82) is 0 Å². The predicted octanol–water partition coefficient (Wildman–Crippen LogP) is 1.73. The fraction of sp³-hybridized carbons (Fsp3) is 0.533. The molecule has 21 heavy (non-hydrogen) atoms. The van der Waals surface area contributed by atoms with Crippen molar-refractivity contribution in [2.75, 3.05) is 30.9 Å². The number of hydrogen-bond acceptors (Lipinski definition) is 5. The van der Waals surface area contributed by atoms with Crippen LogP contribution in [0.1, 0.15) is 24.1 Å². The Kier molecular flexibility index (Phi) is 4.03. The molecule has 1 N–H and O–H groups in total. The molecular weight excluding hydrogens is 264 g/mol. The average Bonchev–Trinajstić information content (AvgIpc) is 3.00. The van der Waals surface area contributed by atoms with Crippen LogP contribution in [0.3, 0.4) is 0 Å². The van der Waals surface area contributed by atoms with E-state index >= 15 is 0 Å². The largest absolute Gasteiger partial charge is 0.368 e. The van der Waals surface area contributed by atoms with E-state index in [4.69, 9.17) is 0 Å². The highest BCUT2D eigenvalue weighted by atomic mass is 15.3. The molecule has 0 unspecified atom stereocenters. The normalized spacial score (nSPS) is 13.8. The maximum absolute atomic E-state index is 4.69. The highest BCUT2D eigenvalue weighted by Gasteiger charge is 2.18. The lowest BCUT2D eigenvalue weighted by Crippen LogP contribution is -2.20. The molecule has 3 rings (SSSR count). The van der Waals surface area contributed by atoms with E-state index in [2.05, 4.69) is 20.4 Å². The van der Waals surface area contributed by atoms with E-state index in [0.29, 0.717) is 0 Å². The first-order valence-electron chi connectivity index (χ1n) is 7.52. The summed E-state index contributed by atoms with van der Waals surface area (Å²) in [5, 5.41) is 7.68. The maximum Gasteiger partial charge on any atom is 0.227 e. The second-order valence-corrected chi connectivity index (χ2v) is 5.59. The molecular formula is C15H22N6. The van der Waals surface area contributed by atoms with Crippen LogP contribution in [0.2, 0.25) is 0 Å². The molecule has 6 nitrogen and oxygen atoms in total. The number of nitrogens with zero attached hydrogens (tertiary/aromatic N) is 5. The summed E-state index contributed by atoms with van der Waals surface area (Å²) in [6, 6.07) is 1.94. The lowest BCUT2D eigenvalue weighted by molar-refractivity contribution is 0.632. The van der Waals surface area contributed by atoms with E-state index in [-0.39, 0.29) is 0 Å². The highest BCUT2D eigenvalue weighted by Crippen LogP contribution is 2.27. The van der Waals surface area contributed by atoms with Gasteiger partial charge in [-0.2, -0.15) is 10.1 Å². The Morgan fingerprint density at radius 1 is 1.24 bits per heavy atom. The van der Waals surface area contributed by atoms with Gasteiger partial charge in [0.2, 0.25) is 5.95 Å². The summed E-state index contributed by atoms with van der Waals surface area (Å²) in [6.45, 7) is 1.65. The van der Waals surface area contributed by atoms with Gasteiger partial charge in [-0.25, -0.2) is 4.98 Å². The summed E-state index contributed by atoms with van der Waals surface area (Å²) in [5.74, 6) is 1.78. The van der Waals surface area contributed by atoms with Gasteiger partial charge in [-0.1, -0.05) is 0 Å². The van der Waals surface area contributed by atoms with Gasteiger partial charge in [-0.05, 0) is 31.7 Å². The smallest absolute Gasteiger partial charge is 0.227 e. The third kappa shape index (κ3) is 3.15. The molecule has 0 bridgehead atoms. The first-order chi connectivity index (χ1) is 10.2. The molecule has 0 radical (unpaired) electrons. The molecule has 0 atom stereocenters. The number of anilines is 2. The number of nitrogens with one attached hydrogen (secondary N) is 1. The monoisotopic (exact) mass is 286 g/mol. The van der Waals surface area contributed by atoms with Gasteiger partial charge >= 0.3 is 0 Å². The number of fused-ring (bicyclic) bond motifs is 1. The van der Waals surface area contributed by atoms with E-state index in [1.54, 1.807) is 6.20 Å². The van der Waals surface area contributed by atoms with Crippen LogP contribution in [0.4, 0.5) is 11.8 Å². The zero-order chi connectivity index (χ0) is 14.7. The molecule has 6 heteroatoms. The minimum atomic E-state index is 0.789. The third-order valence-electron chi connectivity index (χ3n) is 3.76. The molecule has 0 spiro atoms. The number of aryl methyl sites for hydroxylation is 1. The molecule has 0 aliphatic heterocycles. The van der Waals surface area contributed by atoms with Crippen molar-refractivity contribution >= 4 is 11.8 Å². The molecule has 0 amide bonds. The van der Waals surface area contributed by atoms with Crippen LogP contribution in [0.15, 0.2) is 18.5 Å². The molecule has 112 valence electrons. The topological polar surface area (TPSA) is 58.9 Å². The van der Waals surface area contributed by atoms with Gasteiger partial charge in [0, 0.05) is 38.6 Å². The fourth-order valence-electron chi connectivity index (χ4n) is 2.65. The first kappa shape index (κ1) is 13.9. The van der Waals surface area contributed by atoms with Gasteiger partial charge in [0.05, 0.1) is 12.2 Å². The van der Waals surface area contributed by atoms with Crippen LogP contribution in [-0.4, -0.2) is 40.4 Å². The molecule has 1 aliphatic carbocycles. The Balaban J connectivity index is 1.77. The predicted molar refractivity (Wildman–Crippen MR) is 83.7 cm³/mol. The Hall–Kier alpha value is -2.11. The summed E-state index contributed by atoms with van der Waals surface area (Å²) in [4.78, 5) is 11.3. The lowest BCUT2D eigenvalue weighted by Gasteiger charge is -2.21. The maximum atomic E-state index is 4.69. The molecule has 2 heterocycles. The van der Waals surface area contributed by atoms with Gasteiger partial charge in [0.15, 0.2) is 0 Å². The van der Waals surface area contributed by atoms with Crippen molar-refractivity contribution < 1.29 is 0 Å². The van der Waals surface area contributed by atoms with Gasteiger partial charge in [0.1, 0.15) is 5.82 Å². The molecule has 0 fully saturated rings. The second-order valence-electron chi connectivity index (χ2n) is 5.59. The van der Waals surface area contributed by atoms with Crippen LogP contribution < -0.4 is 10.2 Å². The number of hydrogen-bond donors (Lipinski definition) is 1. The van der Waals surface area contributed by atoms with Crippen LogP contribution in [0, 0.1) is 0 Å². The van der Waals surface area contributed by atoms with Crippen molar-refractivity contribution in [2.24, 2.45) is 0 Å². The van der Waals surface area contributed by atoms with Crippen molar-refractivity contribution in [2.45, 2.75) is 32.2 Å². The molecule has 2 aromatic heterocycles. The van der Waals surface area contributed by atoms with E-state index < -0.39 is 0 Å². The summed E-state index contributed by atoms with van der Waals surface area (Å²) in [7, 11) is 3.97. The van der Waals surface area contributed by atoms with Crippen LogP contribution in [0.5, 0.6) is 0 Å². The van der Waals surface area contributed by atoms with Gasteiger partial charge in [-0.3, -0.25) is 4.68 Å². The van der Waals surface area contributed by atoms with Gasteiger partial charge in [0.25, 0.3) is 0 Å². The van der Waals surface area contributed by atoms with E-state index in [1.807, 2.05) is 35.9 Å². The Labute approximate surface area is 125 Å². The third-order valence-corrected chi connectivity index (χ3v) is 3.76. The SMILES string of the molecule is CN(C)c1nc2c(c(NCCn3cccn3)n1)CCCC2. The molecule has 0 saturated heterocycles. The molecule has 0 saturated carbocycles. The van der Waals surface area contributed by atoms with Crippen molar-refractivity contribution in [1.82, 2.24) is 19.7 Å². The standard InChI is InChI=1S/C15H22N6/c1-20(2)15-18-13-7-4-3-6-12(13)14(19-15)16-9-11-21-10-5-8-17-21/h5,8,10H,3-4,6-7,9,11H2,1-2H3,(H,16,18,19). The van der Waals surface area contributed by atoms with E-state index in [9.17, 15) is 0 Å². The molecule has 1 aliphatic rings. The van der Waals surface area contributed by atoms with Crippen LogP contribution in [0.25, 0.3) is 0 Å². The Morgan fingerprint density at radius 3 is 2.86 bits per heavy atom. The van der Waals surface area contributed by atoms with Crippen LogP contribution >= 0.6 is 0 Å². The first-order valence-corrected chi connectivity index (χ1v) is 7.52. The summed E-state index contributed by atoms with van der Waals surface area (Å²) >= 11 is 0. The minimum absolute atomic E-state index is 0.789. The minimum Gasteiger partial charge on any atom is -0.368 e. The van der Waals surface area contributed by atoms with Crippen molar-refractivity contribution in [3.8, 4) is 0 Å². The lowest BCUT2D eigenvalue weighted by atomic mass is 9.96. The zero-order valence-electron chi connectivity index (χ0n) is 12.7. The van der Waals surface area contributed by atoms with Crippen molar-refractivity contribution in [3.63, 3.8) is 0 Å². The Bertz CT molecular complexity index is 590. The fourth-order valence-corrected chi connectivity index (χ4v) is 2.65. The second kappa shape index (κ2) is 6.11. The Morgan fingerprint density at radius 2 is 2.10 bits per heavy atom. The van der Waals surface area contributed by atoms with E-state index in [0.717, 1.165) is 37.7 Å². The summed E-state index contributed by atoms with van der Waals surface area (Å²) in [6.07, 6.45) is 8.37. The molecule has 2 aromatic rings.